The molecular weight excluding hydrogens is 416 g/mol. The Morgan fingerprint density at radius 1 is 1.10 bits per heavy atom. The molecule has 2 aromatic carbocycles. The summed E-state index contributed by atoms with van der Waals surface area (Å²) in [5.74, 6) is 0.126. The van der Waals surface area contributed by atoms with Crippen molar-refractivity contribution in [3.05, 3.63) is 70.2 Å². The predicted molar refractivity (Wildman–Crippen MR) is 116 cm³/mol. The number of rotatable bonds is 8. The zero-order chi connectivity index (χ0) is 21.5. The van der Waals surface area contributed by atoms with Gasteiger partial charge in [-0.2, -0.15) is 0 Å². The van der Waals surface area contributed by atoms with Crippen LogP contribution >= 0.6 is 11.3 Å². The van der Waals surface area contributed by atoms with Gasteiger partial charge in [-0.1, -0.05) is 35.6 Å². The van der Waals surface area contributed by atoms with Gasteiger partial charge >= 0.3 is 0 Å². The lowest BCUT2D eigenvalue weighted by atomic mass is 10.1. The molecule has 31 heavy (non-hydrogen) atoms. The summed E-state index contributed by atoms with van der Waals surface area (Å²) in [5, 5.41) is 14.4. The molecule has 0 saturated carbocycles. The van der Waals surface area contributed by atoms with E-state index in [9.17, 15) is 9.59 Å². The smallest absolute Gasteiger partial charge is 0.286 e. The molecule has 0 spiro atoms. The van der Waals surface area contributed by atoms with Gasteiger partial charge in [0.15, 0.2) is 5.01 Å². The molecule has 0 radical (unpaired) electrons. The third kappa shape index (κ3) is 5.87. The van der Waals surface area contributed by atoms with E-state index in [1.165, 1.54) is 0 Å². The number of carbonyl (C=O) groups is 2. The van der Waals surface area contributed by atoms with Crippen LogP contribution in [0.2, 0.25) is 0 Å². The van der Waals surface area contributed by atoms with E-state index in [1.54, 1.807) is 24.3 Å². The van der Waals surface area contributed by atoms with Crippen molar-refractivity contribution in [1.29, 1.82) is 0 Å². The van der Waals surface area contributed by atoms with Crippen LogP contribution in [0, 0.1) is 0 Å². The van der Waals surface area contributed by atoms with Crippen LogP contribution in [0.15, 0.2) is 54.6 Å². The minimum atomic E-state index is -0.389. The molecular formula is C22H22N4O4S. The second-order valence-corrected chi connectivity index (χ2v) is 8.04. The summed E-state index contributed by atoms with van der Waals surface area (Å²) in [7, 11) is 0. The van der Waals surface area contributed by atoms with Gasteiger partial charge in [-0.15, -0.1) is 10.2 Å². The largest absolute Gasteiger partial charge is 0.486 e. The lowest BCUT2D eigenvalue weighted by Gasteiger charge is -2.11. The average Bonchev–Trinajstić information content (AvgIpc) is 3.49. The molecule has 1 aromatic heterocycles. The van der Waals surface area contributed by atoms with Crippen molar-refractivity contribution in [2.24, 2.45) is 0 Å². The van der Waals surface area contributed by atoms with E-state index in [2.05, 4.69) is 20.8 Å². The normalized spacial score (nSPS) is 15.4. The minimum absolute atomic E-state index is 0.0734. The summed E-state index contributed by atoms with van der Waals surface area (Å²) < 4.78 is 11.1. The van der Waals surface area contributed by atoms with Crippen molar-refractivity contribution in [1.82, 2.24) is 15.5 Å². The van der Waals surface area contributed by atoms with Gasteiger partial charge in [0.1, 0.15) is 12.4 Å². The number of amides is 2. The maximum absolute atomic E-state index is 12.5. The van der Waals surface area contributed by atoms with E-state index >= 15 is 0 Å². The number of nitrogens with one attached hydrogen (secondary N) is 2. The van der Waals surface area contributed by atoms with Crippen LogP contribution in [-0.4, -0.2) is 41.3 Å². The molecule has 1 aliphatic heterocycles. The van der Waals surface area contributed by atoms with E-state index in [1.807, 2.05) is 30.3 Å². The maximum atomic E-state index is 12.5. The Labute approximate surface area is 183 Å². The molecule has 1 saturated heterocycles. The Morgan fingerprint density at radius 3 is 2.77 bits per heavy atom. The molecule has 2 N–H and O–H groups in total. The van der Waals surface area contributed by atoms with E-state index in [4.69, 9.17) is 9.47 Å². The number of anilines is 1. The highest BCUT2D eigenvalue weighted by molar-refractivity contribution is 7.13. The van der Waals surface area contributed by atoms with Crippen molar-refractivity contribution >= 4 is 28.8 Å². The lowest BCUT2D eigenvalue weighted by molar-refractivity contribution is 0.0857. The van der Waals surface area contributed by atoms with E-state index in [0.717, 1.165) is 36.5 Å². The summed E-state index contributed by atoms with van der Waals surface area (Å²) in [5.41, 5.74) is 0.970. The highest BCUT2D eigenvalue weighted by Gasteiger charge is 2.17. The molecule has 3 aromatic rings. The summed E-state index contributed by atoms with van der Waals surface area (Å²) in [6.45, 7) is 1.46. The number of nitrogens with zero attached hydrogens (tertiary/aromatic N) is 2. The molecule has 1 aliphatic rings. The van der Waals surface area contributed by atoms with Gasteiger partial charge < -0.3 is 20.1 Å². The highest BCUT2D eigenvalue weighted by atomic mass is 32.1. The van der Waals surface area contributed by atoms with Crippen LogP contribution in [-0.2, 0) is 11.3 Å². The number of carbonyl (C=O) groups excluding carboxylic acids is 2. The summed E-state index contributed by atoms with van der Waals surface area (Å²) >= 11 is 1.16. The number of hydrogen-bond donors (Lipinski definition) is 2. The standard InChI is InChI=1S/C22H22N4O4S/c27-20(23-13-18-10-5-11-29-18)15-6-4-7-16(12-15)24-21(28)22-26-25-19(31-22)14-30-17-8-2-1-3-9-17/h1-4,6-9,12,18H,5,10-11,13-14H2,(H,23,27)(H,24,28)/t18-/m1/s1. The first-order chi connectivity index (χ1) is 15.2. The highest BCUT2D eigenvalue weighted by Crippen LogP contribution is 2.17. The molecule has 1 atom stereocenters. The Balaban J connectivity index is 1.31. The molecule has 0 bridgehead atoms. The lowest BCUT2D eigenvalue weighted by Crippen LogP contribution is -2.31. The number of hydrogen-bond acceptors (Lipinski definition) is 7. The van der Waals surface area contributed by atoms with Crippen molar-refractivity contribution in [2.45, 2.75) is 25.6 Å². The first kappa shape index (κ1) is 21.0. The summed E-state index contributed by atoms with van der Waals surface area (Å²) in [6.07, 6.45) is 2.05. The molecule has 0 aliphatic carbocycles. The fraction of sp³-hybridized carbons (Fsp3) is 0.273. The Hall–Kier alpha value is -3.30. The fourth-order valence-corrected chi connectivity index (χ4v) is 3.75. The van der Waals surface area contributed by atoms with Gasteiger partial charge in [-0.3, -0.25) is 9.59 Å². The number of ether oxygens (including phenoxy) is 2. The van der Waals surface area contributed by atoms with Gasteiger partial charge in [0, 0.05) is 24.4 Å². The molecule has 0 unspecified atom stereocenters. The third-order valence-electron chi connectivity index (χ3n) is 4.66. The van der Waals surface area contributed by atoms with Gasteiger partial charge in [0.25, 0.3) is 11.8 Å². The van der Waals surface area contributed by atoms with Gasteiger partial charge in [-0.05, 0) is 43.2 Å². The first-order valence-corrected chi connectivity index (χ1v) is 10.8. The van der Waals surface area contributed by atoms with Gasteiger partial charge in [0.2, 0.25) is 5.01 Å². The molecule has 9 heteroatoms. The maximum Gasteiger partial charge on any atom is 0.286 e. The molecule has 2 heterocycles. The monoisotopic (exact) mass is 438 g/mol. The Morgan fingerprint density at radius 2 is 1.97 bits per heavy atom. The van der Waals surface area contributed by atoms with Crippen LogP contribution in [0.3, 0.4) is 0 Å². The van der Waals surface area contributed by atoms with E-state index in [-0.39, 0.29) is 29.5 Å². The van der Waals surface area contributed by atoms with Crippen LogP contribution < -0.4 is 15.4 Å². The first-order valence-electron chi connectivity index (χ1n) is 9.99. The quantitative estimate of drug-likeness (QED) is 0.560. The number of aromatic nitrogens is 2. The van der Waals surface area contributed by atoms with Crippen LogP contribution in [0.25, 0.3) is 0 Å². The fourth-order valence-electron chi connectivity index (χ4n) is 3.10. The van der Waals surface area contributed by atoms with Crippen molar-refractivity contribution < 1.29 is 19.1 Å². The van der Waals surface area contributed by atoms with E-state index in [0.29, 0.717) is 22.8 Å². The minimum Gasteiger partial charge on any atom is -0.486 e. The SMILES string of the molecule is O=C(NC[C@H]1CCCO1)c1cccc(NC(=O)c2nnc(COc3ccccc3)s2)c1. The zero-order valence-electron chi connectivity index (χ0n) is 16.7. The Bertz CT molecular complexity index is 1030. The molecule has 160 valence electrons. The van der Waals surface area contributed by atoms with Gasteiger partial charge in [-0.25, -0.2) is 0 Å². The molecule has 1 fully saturated rings. The zero-order valence-corrected chi connectivity index (χ0v) is 17.6. The van der Waals surface area contributed by atoms with Crippen LogP contribution in [0.5, 0.6) is 5.75 Å². The van der Waals surface area contributed by atoms with Crippen molar-refractivity contribution in [3.63, 3.8) is 0 Å². The van der Waals surface area contributed by atoms with E-state index < -0.39 is 0 Å². The third-order valence-corrected chi connectivity index (χ3v) is 5.56. The average molecular weight is 439 g/mol. The Kier molecular flexibility index (Phi) is 6.85. The predicted octanol–water partition coefficient (Wildman–Crippen LogP) is 3.28. The second-order valence-electron chi connectivity index (χ2n) is 6.98. The van der Waals surface area contributed by atoms with Crippen molar-refractivity contribution in [2.75, 3.05) is 18.5 Å². The van der Waals surface area contributed by atoms with Crippen LogP contribution in [0.1, 0.15) is 38.0 Å². The van der Waals surface area contributed by atoms with Crippen LogP contribution in [0.4, 0.5) is 5.69 Å². The molecule has 8 nitrogen and oxygen atoms in total. The number of para-hydroxylation sites is 1. The topological polar surface area (TPSA) is 102 Å². The second kappa shape index (κ2) is 10.1. The molecule has 4 rings (SSSR count). The number of benzene rings is 2. The molecule has 2 amide bonds. The van der Waals surface area contributed by atoms with Gasteiger partial charge in [0.05, 0.1) is 6.10 Å². The summed E-state index contributed by atoms with van der Waals surface area (Å²) in [4.78, 5) is 24.9. The van der Waals surface area contributed by atoms with Crippen molar-refractivity contribution in [3.8, 4) is 5.75 Å². The summed E-state index contributed by atoms with van der Waals surface area (Å²) in [6, 6.07) is 16.1.